The maximum Gasteiger partial charge on any atom is 0.152 e. The van der Waals surface area contributed by atoms with Gasteiger partial charge in [0.25, 0.3) is 0 Å². The van der Waals surface area contributed by atoms with Crippen LogP contribution in [0.15, 0.2) is 28.6 Å². The molecule has 16 heavy (non-hydrogen) atoms. The molecule has 0 fully saturated rings. The number of benzene rings is 1. The summed E-state index contributed by atoms with van der Waals surface area (Å²) < 4.78 is 1.01. The van der Waals surface area contributed by atoms with Crippen molar-refractivity contribution in [3.63, 3.8) is 0 Å². The summed E-state index contributed by atoms with van der Waals surface area (Å²) in [6.45, 7) is 2.10. The molecule has 0 unspecified atom stereocenters. The zero-order chi connectivity index (χ0) is 11.5. The van der Waals surface area contributed by atoms with Crippen molar-refractivity contribution in [1.29, 1.82) is 0 Å². The van der Waals surface area contributed by atoms with Gasteiger partial charge in [0.2, 0.25) is 0 Å². The van der Waals surface area contributed by atoms with Crippen molar-refractivity contribution in [3.8, 4) is 11.3 Å². The fourth-order valence-electron chi connectivity index (χ4n) is 1.34. The first-order valence-corrected chi connectivity index (χ1v) is 7.03. The van der Waals surface area contributed by atoms with Gasteiger partial charge in [-0.1, -0.05) is 53.8 Å². The summed E-state index contributed by atoms with van der Waals surface area (Å²) in [4.78, 5) is 4.51. The number of hydrogen-bond donors (Lipinski definition) is 1. The fraction of sp³-hybridized carbons (Fsp3) is 0.182. The van der Waals surface area contributed by atoms with Crippen LogP contribution in [0.5, 0.6) is 0 Å². The van der Waals surface area contributed by atoms with Crippen molar-refractivity contribution in [3.05, 3.63) is 29.3 Å². The zero-order valence-electron chi connectivity index (χ0n) is 8.74. The highest BCUT2D eigenvalue weighted by Crippen LogP contribution is 2.35. The van der Waals surface area contributed by atoms with Crippen LogP contribution in [0.4, 0.5) is 5.00 Å². The second kappa shape index (κ2) is 5.08. The molecule has 1 heterocycles. The molecule has 1 aromatic carbocycles. The minimum atomic E-state index is 0.703. The highest BCUT2D eigenvalue weighted by atomic mass is 35.5. The Morgan fingerprint density at radius 2 is 2.31 bits per heavy atom. The van der Waals surface area contributed by atoms with Crippen molar-refractivity contribution in [2.45, 2.75) is 11.3 Å². The number of nitrogens with two attached hydrogens (primary N) is 1. The summed E-state index contributed by atoms with van der Waals surface area (Å²) in [5.41, 5.74) is 7.77. The molecule has 0 atom stereocenters. The Hall–Kier alpha value is -0.710. The third-order valence-corrected chi connectivity index (χ3v) is 4.14. The molecule has 1 aromatic heterocycles. The van der Waals surface area contributed by atoms with Crippen LogP contribution in [0, 0.1) is 0 Å². The summed E-state index contributed by atoms with van der Waals surface area (Å²) in [7, 11) is 0. The van der Waals surface area contributed by atoms with Crippen LogP contribution < -0.4 is 5.73 Å². The molecule has 0 radical (unpaired) electrons. The zero-order valence-corrected chi connectivity index (χ0v) is 11.1. The molecule has 2 N–H and O–H groups in total. The van der Waals surface area contributed by atoms with Crippen molar-refractivity contribution < 1.29 is 0 Å². The molecule has 0 saturated carbocycles. The monoisotopic (exact) mass is 270 g/mol. The summed E-state index contributed by atoms with van der Waals surface area (Å²) in [5, 5.41) is 1.45. The number of thioether (sulfide) groups is 1. The maximum absolute atomic E-state index is 5.95. The molecule has 2 rings (SSSR count). The molecule has 0 saturated heterocycles. The standard InChI is InChI=1S/C11H11ClN2S2/c1-2-15-11-14-9(10(13)16-11)7-4-3-5-8(12)6-7/h3-6H,2,13H2,1H3. The van der Waals surface area contributed by atoms with Crippen LogP contribution in [0.25, 0.3) is 11.3 Å². The van der Waals surface area contributed by atoms with E-state index in [-0.39, 0.29) is 0 Å². The third kappa shape index (κ3) is 2.51. The van der Waals surface area contributed by atoms with Gasteiger partial charge in [0.1, 0.15) is 10.7 Å². The van der Waals surface area contributed by atoms with E-state index in [0.717, 1.165) is 26.4 Å². The van der Waals surface area contributed by atoms with Crippen molar-refractivity contribution in [1.82, 2.24) is 4.98 Å². The summed E-state index contributed by atoms with van der Waals surface area (Å²) >= 11 is 9.17. The Labute approximate surface area is 108 Å². The van der Waals surface area contributed by atoms with E-state index in [9.17, 15) is 0 Å². The Balaban J connectivity index is 2.40. The van der Waals surface area contributed by atoms with E-state index in [0.29, 0.717) is 5.02 Å². The van der Waals surface area contributed by atoms with Crippen LogP contribution in [-0.4, -0.2) is 10.7 Å². The number of rotatable bonds is 3. The van der Waals surface area contributed by atoms with E-state index < -0.39 is 0 Å². The minimum absolute atomic E-state index is 0.703. The Morgan fingerprint density at radius 1 is 1.50 bits per heavy atom. The van der Waals surface area contributed by atoms with Gasteiger partial charge in [0.15, 0.2) is 4.34 Å². The molecule has 0 bridgehead atoms. The average molecular weight is 271 g/mol. The molecule has 0 aliphatic heterocycles. The number of thiazole rings is 1. The third-order valence-electron chi connectivity index (χ3n) is 2.00. The topological polar surface area (TPSA) is 38.9 Å². The van der Waals surface area contributed by atoms with Gasteiger partial charge in [-0.2, -0.15) is 0 Å². The number of halogens is 1. The Morgan fingerprint density at radius 3 is 3.00 bits per heavy atom. The fourth-order valence-corrected chi connectivity index (χ4v) is 3.38. The first-order chi connectivity index (χ1) is 7.70. The maximum atomic E-state index is 5.95. The molecule has 5 heteroatoms. The molecule has 2 nitrogen and oxygen atoms in total. The van der Waals surface area contributed by atoms with Gasteiger partial charge in [0.05, 0.1) is 0 Å². The minimum Gasteiger partial charge on any atom is -0.389 e. The van der Waals surface area contributed by atoms with E-state index in [2.05, 4.69) is 11.9 Å². The number of anilines is 1. The first kappa shape index (κ1) is 11.8. The number of aromatic nitrogens is 1. The molecule has 2 aromatic rings. The molecular weight excluding hydrogens is 260 g/mol. The second-order valence-corrected chi connectivity index (χ2v) is 6.11. The summed E-state index contributed by atoms with van der Waals surface area (Å²) in [6, 6.07) is 7.60. The molecule has 84 valence electrons. The number of nitrogens with zero attached hydrogens (tertiary/aromatic N) is 1. The van der Waals surface area contributed by atoms with Gasteiger partial charge < -0.3 is 5.73 Å². The highest BCUT2D eigenvalue weighted by Gasteiger charge is 2.10. The van der Waals surface area contributed by atoms with E-state index >= 15 is 0 Å². The molecule has 0 spiro atoms. The van der Waals surface area contributed by atoms with Crippen molar-refractivity contribution in [2.24, 2.45) is 0 Å². The predicted octanol–water partition coefficient (Wildman–Crippen LogP) is 4.16. The molecule has 0 aliphatic carbocycles. The lowest BCUT2D eigenvalue weighted by Gasteiger charge is -1.98. The van der Waals surface area contributed by atoms with E-state index in [1.54, 1.807) is 11.8 Å². The van der Waals surface area contributed by atoms with Gasteiger partial charge in [-0.3, -0.25) is 0 Å². The smallest absolute Gasteiger partial charge is 0.152 e. The Kier molecular flexibility index (Phi) is 3.74. The second-order valence-electron chi connectivity index (χ2n) is 3.14. The molecular formula is C11H11ClN2S2. The van der Waals surface area contributed by atoms with Gasteiger partial charge in [-0.05, 0) is 17.9 Å². The van der Waals surface area contributed by atoms with E-state index in [1.165, 1.54) is 11.3 Å². The lowest BCUT2D eigenvalue weighted by Crippen LogP contribution is -1.85. The lowest BCUT2D eigenvalue weighted by atomic mass is 10.2. The lowest BCUT2D eigenvalue weighted by molar-refractivity contribution is 1.25. The van der Waals surface area contributed by atoms with Crippen molar-refractivity contribution >= 4 is 39.7 Å². The first-order valence-electron chi connectivity index (χ1n) is 4.85. The van der Waals surface area contributed by atoms with Gasteiger partial charge >= 0.3 is 0 Å². The predicted molar refractivity (Wildman–Crippen MR) is 73.4 cm³/mol. The van der Waals surface area contributed by atoms with Gasteiger partial charge in [0, 0.05) is 10.6 Å². The van der Waals surface area contributed by atoms with Gasteiger partial charge in [-0.25, -0.2) is 4.98 Å². The van der Waals surface area contributed by atoms with Crippen LogP contribution in [0.1, 0.15) is 6.92 Å². The van der Waals surface area contributed by atoms with Crippen molar-refractivity contribution in [2.75, 3.05) is 11.5 Å². The quantitative estimate of drug-likeness (QED) is 0.852. The number of nitrogen functional groups attached to an aromatic ring is 1. The van der Waals surface area contributed by atoms with Crippen LogP contribution >= 0.6 is 34.7 Å². The molecule has 0 aliphatic rings. The van der Waals surface area contributed by atoms with Gasteiger partial charge in [-0.15, -0.1) is 0 Å². The normalized spacial score (nSPS) is 10.6. The van der Waals surface area contributed by atoms with Crippen LogP contribution in [0.3, 0.4) is 0 Å². The average Bonchev–Trinajstić information content (AvgIpc) is 2.60. The largest absolute Gasteiger partial charge is 0.389 e. The Bertz CT molecular complexity index is 496. The molecule has 0 amide bonds. The summed E-state index contributed by atoms with van der Waals surface area (Å²) in [6.07, 6.45) is 0. The number of hydrogen-bond acceptors (Lipinski definition) is 4. The summed E-state index contributed by atoms with van der Waals surface area (Å²) in [5.74, 6) is 1.00. The highest BCUT2D eigenvalue weighted by molar-refractivity contribution is 8.01. The van der Waals surface area contributed by atoms with Crippen LogP contribution in [0.2, 0.25) is 5.02 Å². The van der Waals surface area contributed by atoms with E-state index in [4.69, 9.17) is 17.3 Å². The van der Waals surface area contributed by atoms with E-state index in [1.807, 2.05) is 24.3 Å². The van der Waals surface area contributed by atoms with Crippen LogP contribution in [-0.2, 0) is 0 Å². The SMILES string of the molecule is CCSc1nc(-c2cccc(Cl)c2)c(N)s1.